The SMILES string of the molecule is Cc1ccc(CC(=O)O[C@@H](C)C(=O)NCc2ccco2)cc1C. The molecule has 1 amide bonds. The Kier molecular flexibility index (Phi) is 5.57. The Morgan fingerprint density at radius 1 is 1.22 bits per heavy atom. The van der Waals surface area contributed by atoms with Crippen molar-refractivity contribution in [3.8, 4) is 0 Å². The number of esters is 1. The van der Waals surface area contributed by atoms with Crippen LogP contribution in [0.3, 0.4) is 0 Å². The maximum atomic E-state index is 11.9. The highest BCUT2D eigenvalue weighted by Gasteiger charge is 2.18. The van der Waals surface area contributed by atoms with Gasteiger partial charge in [0.05, 0.1) is 19.2 Å². The first-order valence-electron chi connectivity index (χ1n) is 7.51. The standard InChI is InChI=1S/C18H21NO4/c1-12-6-7-15(9-13(12)2)10-17(20)23-14(3)18(21)19-11-16-5-4-8-22-16/h4-9,14H,10-11H2,1-3H3,(H,19,21)/t14-/m0/s1. The van der Waals surface area contributed by atoms with Gasteiger partial charge in [0, 0.05) is 0 Å². The van der Waals surface area contributed by atoms with Crippen LogP contribution in [-0.2, 0) is 27.3 Å². The first-order chi connectivity index (χ1) is 11.0. The normalized spacial score (nSPS) is 11.8. The summed E-state index contributed by atoms with van der Waals surface area (Å²) in [7, 11) is 0. The summed E-state index contributed by atoms with van der Waals surface area (Å²) >= 11 is 0. The molecule has 122 valence electrons. The number of ether oxygens (including phenoxy) is 1. The summed E-state index contributed by atoms with van der Waals surface area (Å²) in [4.78, 5) is 23.8. The number of carbonyl (C=O) groups excluding carboxylic acids is 2. The second-order valence-corrected chi connectivity index (χ2v) is 5.52. The highest BCUT2D eigenvalue weighted by atomic mass is 16.5. The highest BCUT2D eigenvalue weighted by molar-refractivity contribution is 5.83. The Labute approximate surface area is 135 Å². The molecule has 0 aliphatic rings. The summed E-state index contributed by atoms with van der Waals surface area (Å²) in [5.41, 5.74) is 3.17. The molecule has 0 saturated heterocycles. The Morgan fingerprint density at radius 2 is 2.00 bits per heavy atom. The summed E-state index contributed by atoms with van der Waals surface area (Å²) in [5.74, 6) is -0.129. The molecule has 1 aromatic heterocycles. The van der Waals surface area contributed by atoms with Gasteiger partial charge in [0.1, 0.15) is 5.76 Å². The van der Waals surface area contributed by atoms with Crippen LogP contribution in [0.25, 0.3) is 0 Å². The van der Waals surface area contributed by atoms with Crippen molar-refractivity contribution in [2.24, 2.45) is 0 Å². The third-order valence-electron chi connectivity index (χ3n) is 3.61. The molecular weight excluding hydrogens is 294 g/mol. The van der Waals surface area contributed by atoms with Crippen molar-refractivity contribution in [3.05, 3.63) is 59.0 Å². The summed E-state index contributed by atoms with van der Waals surface area (Å²) in [6.07, 6.45) is 0.842. The number of hydrogen-bond donors (Lipinski definition) is 1. The number of aryl methyl sites for hydroxylation is 2. The fraction of sp³-hybridized carbons (Fsp3) is 0.333. The maximum Gasteiger partial charge on any atom is 0.311 e. The van der Waals surface area contributed by atoms with Gasteiger partial charge in [-0.05, 0) is 49.6 Å². The van der Waals surface area contributed by atoms with Gasteiger partial charge in [-0.25, -0.2) is 0 Å². The Bertz CT molecular complexity index is 676. The van der Waals surface area contributed by atoms with E-state index in [0.717, 1.165) is 11.1 Å². The predicted octanol–water partition coefficient (Wildman–Crippen LogP) is 2.69. The van der Waals surface area contributed by atoms with E-state index in [1.807, 2.05) is 32.0 Å². The van der Waals surface area contributed by atoms with Gasteiger partial charge in [0.25, 0.3) is 5.91 Å². The lowest BCUT2D eigenvalue weighted by Crippen LogP contribution is -2.35. The van der Waals surface area contributed by atoms with Crippen molar-refractivity contribution in [2.75, 3.05) is 0 Å². The lowest BCUT2D eigenvalue weighted by atomic mass is 10.0. The minimum Gasteiger partial charge on any atom is -0.467 e. The average Bonchev–Trinajstić information content (AvgIpc) is 3.01. The number of hydrogen-bond acceptors (Lipinski definition) is 4. The molecular formula is C18H21NO4. The van der Waals surface area contributed by atoms with Crippen molar-refractivity contribution in [1.82, 2.24) is 5.32 Å². The lowest BCUT2D eigenvalue weighted by Gasteiger charge is -2.13. The smallest absolute Gasteiger partial charge is 0.311 e. The van der Waals surface area contributed by atoms with E-state index in [2.05, 4.69) is 5.32 Å². The van der Waals surface area contributed by atoms with Crippen LogP contribution >= 0.6 is 0 Å². The third-order valence-corrected chi connectivity index (χ3v) is 3.61. The molecule has 0 aliphatic carbocycles. The first-order valence-corrected chi connectivity index (χ1v) is 7.51. The molecule has 1 atom stereocenters. The number of carbonyl (C=O) groups is 2. The van der Waals surface area contributed by atoms with Crippen LogP contribution in [0.15, 0.2) is 41.0 Å². The van der Waals surface area contributed by atoms with Crippen molar-refractivity contribution in [1.29, 1.82) is 0 Å². The molecule has 2 rings (SSSR count). The molecule has 1 N–H and O–H groups in total. The molecule has 2 aromatic rings. The van der Waals surface area contributed by atoms with Crippen LogP contribution in [0.4, 0.5) is 0 Å². The number of furan rings is 1. The molecule has 0 unspecified atom stereocenters. The quantitative estimate of drug-likeness (QED) is 0.832. The van der Waals surface area contributed by atoms with Crippen LogP contribution in [0.5, 0.6) is 0 Å². The van der Waals surface area contributed by atoms with Crippen molar-refractivity contribution >= 4 is 11.9 Å². The van der Waals surface area contributed by atoms with Gasteiger partial charge in [-0.3, -0.25) is 9.59 Å². The topological polar surface area (TPSA) is 68.5 Å². The molecule has 0 bridgehead atoms. The summed E-state index contributed by atoms with van der Waals surface area (Å²) < 4.78 is 10.3. The largest absolute Gasteiger partial charge is 0.467 e. The zero-order chi connectivity index (χ0) is 16.8. The molecule has 0 spiro atoms. The lowest BCUT2D eigenvalue weighted by molar-refractivity contribution is -0.154. The number of benzene rings is 1. The van der Waals surface area contributed by atoms with Gasteiger partial charge in [0.15, 0.2) is 6.10 Å². The molecule has 5 nitrogen and oxygen atoms in total. The van der Waals surface area contributed by atoms with Gasteiger partial charge in [0.2, 0.25) is 0 Å². The minimum atomic E-state index is -0.844. The fourth-order valence-electron chi connectivity index (χ4n) is 2.10. The molecule has 0 fully saturated rings. The third kappa shape index (κ3) is 4.98. The van der Waals surface area contributed by atoms with Gasteiger partial charge in [-0.2, -0.15) is 0 Å². The van der Waals surface area contributed by atoms with Crippen LogP contribution in [0.1, 0.15) is 29.4 Å². The first kappa shape index (κ1) is 16.8. The number of rotatable bonds is 6. The number of amides is 1. The van der Waals surface area contributed by atoms with Crippen molar-refractivity contribution in [2.45, 2.75) is 39.8 Å². The molecule has 1 aromatic carbocycles. The monoisotopic (exact) mass is 315 g/mol. The summed E-state index contributed by atoms with van der Waals surface area (Å²) in [6.45, 7) is 5.83. The van der Waals surface area contributed by atoms with E-state index in [-0.39, 0.29) is 18.9 Å². The molecule has 1 heterocycles. The molecule has 23 heavy (non-hydrogen) atoms. The Morgan fingerprint density at radius 3 is 2.65 bits per heavy atom. The summed E-state index contributed by atoms with van der Waals surface area (Å²) in [5, 5.41) is 2.66. The van der Waals surface area contributed by atoms with Gasteiger partial charge in [-0.1, -0.05) is 18.2 Å². The molecule has 0 saturated carbocycles. The van der Waals surface area contributed by atoms with Crippen LogP contribution in [0, 0.1) is 13.8 Å². The molecule has 5 heteroatoms. The zero-order valence-electron chi connectivity index (χ0n) is 13.6. The van der Waals surface area contributed by atoms with E-state index >= 15 is 0 Å². The highest BCUT2D eigenvalue weighted by Crippen LogP contribution is 2.11. The van der Waals surface area contributed by atoms with Gasteiger partial charge >= 0.3 is 5.97 Å². The fourth-order valence-corrected chi connectivity index (χ4v) is 2.10. The van der Waals surface area contributed by atoms with E-state index in [4.69, 9.17) is 9.15 Å². The second kappa shape index (κ2) is 7.63. The van der Waals surface area contributed by atoms with E-state index in [0.29, 0.717) is 5.76 Å². The van der Waals surface area contributed by atoms with Crippen LogP contribution < -0.4 is 5.32 Å². The van der Waals surface area contributed by atoms with E-state index in [9.17, 15) is 9.59 Å². The van der Waals surface area contributed by atoms with Gasteiger partial charge in [-0.15, -0.1) is 0 Å². The zero-order valence-corrected chi connectivity index (χ0v) is 13.6. The maximum absolute atomic E-state index is 11.9. The number of nitrogens with one attached hydrogen (secondary N) is 1. The predicted molar refractivity (Wildman–Crippen MR) is 85.7 cm³/mol. The van der Waals surface area contributed by atoms with Crippen LogP contribution in [0.2, 0.25) is 0 Å². The van der Waals surface area contributed by atoms with Crippen LogP contribution in [-0.4, -0.2) is 18.0 Å². The molecule has 0 aliphatic heterocycles. The van der Waals surface area contributed by atoms with Gasteiger partial charge < -0.3 is 14.5 Å². The Hall–Kier alpha value is -2.56. The van der Waals surface area contributed by atoms with Crippen molar-refractivity contribution in [3.63, 3.8) is 0 Å². The minimum absolute atomic E-state index is 0.150. The van der Waals surface area contributed by atoms with E-state index < -0.39 is 12.1 Å². The van der Waals surface area contributed by atoms with Crippen molar-refractivity contribution < 1.29 is 18.7 Å². The average molecular weight is 315 g/mol. The van der Waals surface area contributed by atoms with E-state index in [1.165, 1.54) is 11.8 Å². The van der Waals surface area contributed by atoms with E-state index in [1.54, 1.807) is 19.1 Å². The Balaban J connectivity index is 1.81. The molecule has 0 radical (unpaired) electrons. The second-order valence-electron chi connectivity index (χ2n) is 5.52. The summed E-state index contributed by atoms with van der Waals surface area (Å²) in [6, 6.07) is 9.33.